The van der Waals surface area contributed by atoms with E-state index in [0.29, 0.717) is 37.3 Å². The molecule has 42 heavy (non-hydrogen) atoms. The van der Waals surface area contributed by atoms with Gasteiger partial charge in [-0.1, -0.05) is 36.4 Å². The van der Waals surface area contributed by atoms with E-state index in [2.05, 4.69) is 36.9 Å². The molecule has 6 rings (SSSR count). The van der Waals surface area contributed by atoms with Crippen molar-refractivity contribution in [3.63, 3.8) is 0 Å². The van der Waals surface area contributed by atoms with Crippen molar-refractivity contribution < 1.29 is 22.4 Å². The Bertz CT molecular complexity index is 1810. The average molecular weight is 584 g/mol. The summed E-state index contributed by atoms with van der Waals surface area (Å²) in [6, 6.07) is 22.6. The maximum atomic E-state index is 13.9. The second-order valence-electron chi connectivity index (χ2n) is 10.8. The van der Waals surface area contributed by atoms with E-state index in [-0.39, 0.29) is 33.5 Å². The van der Waals surface area contributed by atoms with Gasteiger partial charge in [-0.05, 0) is 79.1 Å². The zero-order chi connectivity index (χ0) is 29.6. The lowest BCUT2D eigenvalue weighted by molar-refractivity contribution is 0.0746. The van der Waals surface area contributed by atoms with Gasteiger partial charge in [-0.25, -0.2) is 12.8 Å². The van der Waals surface area contributed by atoms with Gasteiger partial charge >= 0.3 is 0 Å². The van der Waals surface area contributed by atoms with E-state index < -0.39 is 21.6 Å². The van der Waals surface area contributed by atoms with Gasteiger partial charge in [-0.2, -0.15) is 0 Å². The SMILES string of the molecule is Cc1ccc(C)c(N2CCN(C(=O)c3ccc4c(c3)N(Cc3ccc(F)cc3)C(=O)c3ccccc3S4(=O)=O)CC2)c1. The fraction of sp³-hybridized carbons (Fsp3) is 0.212. The summed E-state index contributed by atoms with van der Waals surface area (Å²) in [6.07, 6.45) is 0. The van der Waals surface area contributed by atoms with Crippen LogP contribution in [0.5, 0.6) is 0 Å². The molecule has 4 aromatic carbocycles. The summed E-state index contributed by atoms with van der Waals surface area (Å²) in [6.45, 7) is 6.48. The van der Waals surface area contributed by atoms with Crippen LogP contribution in [0.2, 0.25) is 0 Å². The number of aryl methyl sites for hydroxylation is 2. The predicted octanol–water partition coefficient (Wildman–Crippen LogP) is 5.40. The van der Waals surface area contributed by atoms with Gasteiger partial charge in [0.1, 0.15) is 5.82 Å². The number of rotatable bonds is 4. The van der Waals surface area contributed by atoms with Crippen LogP contribution in [0.15, 0.2) is 94.7 Å². The van der Waals surface area contributed by atoms with E-state index in [1.165, 1.54) is 58.5 Å². The first-order valence-electron chi connectivity index (χ1n) is 13.8. The average Bonchev–Trinajstić information content (AvgIpc) is 3.07. The largest absolute Gasteiger partial charge is 0.368 e. The zero-order valence-electron chi connectivity index (χ0n) is 23.4. The molecule has 7 nitrogen and oxygen atoms in total. The lowest BCUT2D eigenvalue weighted by atomic mass is 10.1. The Morgan fingerprint density at radius 3 is 2.26 bits per heavy atom. The molecule has 1 saturated heterocycles. The molecule has 0 spiro atoms. The molecule has 2 aliphatic heterocycles. The minimum absolute atomic E-state index is 0.00211. The lowest BCUT2D eigenvalue weighted by Crippen LogP contribution is -2.49. The van der Waals surface area contributed by atoms with Crippen LogP contribution in [-0.2, 0) is 16.4 Å². The number of amides is 2. The highest BCUT2D eigenvalue weighted by molar-refractivity contribution is 7.91. The Labute approximate surface area is 244 Å². The Hall–Kier alpha value is -4.50. The molecule has 2 heterocycles. The Morgan fingerprint density at radius 2 is 1.52 bits per heavy atom. The van der Waals surface area contributed by atoms with Crippen LogP contribution in [0, 0.1) is 19.7 Å². The number of hydrogen-bond acceptors (Lipinski definition) is 5. The van der Waals surface area contributed by atoms with Crippen molar-refractivity contribution >= 4 is 33.0 Å². The van der Waals surface area contributed by atoms with Gasteiger partial charge in [-0.3, -0.25) is 9.59 Å². The summed E-state index contributed by atoms with van der Waals surface area (Å²) in [5.74, 6) is -1.16. The molecule has 0 aromatic heterocycles. The fourth-order valence-corrected chi connectivity index (χ4v) is 7.29. The third-order valence-electron chi connectivity index (χ3n) is 7.96. The van der Waals surface area contributed by atoms with Crippen LogP contribution >= 0.6 is 0 Å². The van der Waals surface area contributed by atoms with E-state index in [9.17, 15) is 22.4 Å². The first kappa shape index (κ1) is 27.7. The third kappa shape index (κ3) is 4.94. The lowest BCUT2D eigenvalue weighted by Gasteiger charge is -2.37. The van der Waals surface area contributed by atoms with Crippen LogP contribution in [0.1, 0.15) is 37.4 Å². The number of sulfone groups is 1. The van der Waals surface area contributed by atoms with Crippen molar-refractivity contribution in [3.8, 4) is 0 Å². The van der Waals surface area contributed by atoms with Gasteiger partial charge < -0.3 is 14.7 Å². The van der Waals surface area contributed by atoms with Gasteiger partial charge in [0.15, 0.2) is 0 Å². The number of hydrogen-bond donors (Lipinski definition) is 0. The van der Waals surface area contributed by atoms with Crippen molar-refractivity contribution in [3.05, 3.63) is 119 Å². The standard InChI is InChI=1S/C33H30FN3O4S/c1-22-7-8-23(2)28(19-22)35-15-17-36(18-16-35)32(38)25-11-14-31-29(20-25)37(21-24-9-12-26(34)13-10-24)33(39)27-5-3-4-6-30(27)42(31,40)41/h3-14,19-20H,15-18,21H2,1-2H3. The number of carbonyl (C=O) groups excluding carboxylic acids is 2. The molecule has 0 radical (unpaired) electrons. The number of fused-ring (bicyclic) bond motifs is 2. The van der Waals surface area contributed by atoms with Gasteiger partial charge in [0.25, 0.3) is 11.8 Å². The van der Waals surface area contributed by atoms with Crippen LogP contribution in [0.25, 0.3) is 0 Å². The molecule has 2 aliphatic rings. The minimum atomic E-state index is -4.07. The van der Waals surface area contributed by atoms with Crippen LogP contribution < -0.4 is 9.80 Å². The Kier molecular flexibility index (Phi) is 7.06. The number of nitrogens with zero attached hydrogens (tertiary/aromatic N) is 3. The molecule has 0 unspecified atom stereocenters. The first-order valence-corrected chi connectivity index (χ1v) is 15.3. The van der Waals surface area contributed by atoms with Crippen LogP contribution in [0.4, 0.5) is 15.8 Å². The van der Waals surface area contributed by atoms with Crippen molar-refractivity contribution in [1.82, 2.24) is 4.90 Å². The predicted molar refractivity (Wildman–Crippen MR) is 159 cm³/mol. The maximum absolute atomic E-state index is 13.9. The smallest absolute Gasteiger partial charge is 0.259 e. The summed E-state index contributed by atoms with van der Waals surface area (Å²) in [7, 11) is -4.07. The van der Waals surface area contributed by atoms with Crippen LogP contribution in [0.3, 0.4) is 0 Å². The monoisotopic (exact) mass is 583 g/mol. The van der Waals surface area contributed by atoms with Crippen molar-refractivity contribution in [1.29, 1.82) is 0 Å². The molecule has 0 saturated carbocycles. The van der Waals surface area contributed by atoms with Gasteiger partial charge in [0.2, 0.25) is 9.84 Å². The zero-order valence-corrected chi connectivity index (χ0v) is 24.2. The maximum Gasteiger partial charge on any atom is 0.259 e. The highest BCUT2D eigenvalue weighted by Crippen LogP contribution is 2.38. The quantitative estimate of drug-likeness (QED) is 0.322. The van der Waals surface area contributed by atoms with E-state index in [1.54, 1.807) is 29.2 Å². The molecular weight excluding hydrogens is 553 g/mol. The molecule has 0 N–H and O–H groups in total. The molecule has 214 valence electrons. The molecule has 0 bridgehead atoms. The number of benzene rings is 4. The van der Waals surface area contributed by atoms with E-state index in [4.69, 9.17) is 0 Å². The topological polar surface area (TPSA) is 78.0 Å². The van der Waals surface area contributed by atoms with Crippen molar-refractivity contribution in [2.75, 3.05) is 36.0 Å². The Balaban J connectivity index is 1.34. The summed E-state index contributed by atoms with van der Waals surface area (Å²) >= 11 is 0. The van der Waals surface area contributed by atoms with E-state index in [0.717, 1.165) is 5.69 Å². The first-order chi connectivity index (χ1) is 20.1. The second kappa shape index (κ2) is 10.7. The fourth-order valence-electron chi connectivity index (χ4n) is 5.66. The molecule has 9 heteroatoms. The van der Waals surface area contributed by atoms with Crippen molar-refractivity contribution in [2.24, 2.45) is 0 Å². The molecule has 2 amide bonds. The molecular formula is C33H30FN3O4S. The summed E-state index contributed by atoms with van der Waals surface area (Å²) < 4.78 is 41.2. The summed E-state index contributed by atoms with van der Waals surface area (Å²) in [5.41, 5.74) is 4.60. The number of piperazine rings is 1. The van der Waals surface area contributed by atoms with Gasteiger partial charge in [0, 0.05) is 37.4 Å². The molecule has 0 aliphatic carbocycles. The normalized spacial score (nSPS) is 16.1. The number of anilines is 2. The van der Waals surface area contributed by atoms with Crippen molar-refractivity contribution in [2.45, 2.75) is 30.2 Å². The molecule has 1 fully saturated rings. The highest BCUT2D eigenvalue weighted by atomic mass is 32.2. The van der Waals surface area contributed by atoms with Gasteiger partial charge in [0.05, 0.1) is 27.6 Å². The second-order valence-corrected chi connectivity index (χ2v) is 12.7. The number of halogens is 1. The minimum Gasteiger partial charge on any atom is -0.368 e. The summed E-state index contributed by atoms with van der Waals surface area (Å²) in [4.78, 5) is 32.8. The highest BCUT2D eigenvalue weighted by Gasteiger charge is 2.36. The summed E-state index contributed by atoms with van der Waals surface area (Å²) in [5, 5.41) is 0. The Morgan fingerprint density at radius 1 is 0.810 bits per heavy atom. The molecule has 0 atom stereocenters. The van der Waals surface area contributed by atoms with Crippen LogP contribution in [-0.4, -0.2) is 51.3 Å². The third-order valence-corrected chi connectivity index (χ3v) is 9.82. The van der Waals surface area contributed by atoms with E-state index >= 15 is 0 Å². The van der Waals surface area contributed by atoms with E-state index in [1.807, 2.05) is 0 Å². The number of carbonyl (C=O) groups is 2. The van der Waals surface area contributed by atoms with Gasteiger partial charge in [-0.15, -0.1) is 0 Å². The molecule has 4 aromatic rings.